The zero-order valence-electron chi connectivity index (χ0n) is 13.0. The highest BCUT2D eigenvalue weighted by Crippen LogP contribution is 2.42. The molecule has 1 atom stereocenters. The highest BCUT2D eigenvalue weighted by molar-refractivity contribution is 6.31. The number of methoxy groups -OCH3 is 1. The molecule has 0 bridgehead atoms. The third kappa shape index (κ3) is 3.00. The van der Waals surface area contributed by atoms with Gasteiger partial charge in [-0.3, -0.25) is 9.69 Å². The zero-order chi connectivity index (χ0) is 15.6. The Kier molecular flexibility index (Phi) is 4.71. The molecule has 22 heavy (non-hydrogen) atoms. The van der Waals surface area contributed by atoms with Gasteiger partial charge in [-0.1, -0.05) is 29.8 Å². The van der Waals surface area contributed by atoms with Gasteiger partial charge in [-0.2, -0.15) is 0 Å². The number of ether oxygens (including phenoxy) is 1. The molecule has 2 aliphatic rings. The lowest BCUT2D eigenvalue weighted by Crippen LogP contribution is -2.45. The van der Waals surface area contributed by atoms with Gasteiger partial charge in [0.15, 0.2) is 0 Å². The number of benzene rings is 1. The van der Waals surface area contributed by atoms with Gasteiger partial charge in [0.25, 0.3) is 0 Å². The van der Waals surface area contributed by atoms with Gasteiger partial charge in [0, 0.05) is 30.6 Å². The van der Waals surface area contributed by atoms with E-state index in [-0.39, 0.29) is 17.2 Å². The van der Waals surface area contributed by atoms with Crippen molar-refractivity contribution in [2.45, 2.75) is 19.4 Å². The number of nitrogens with one attached hydrogen (secondary N) is 1. The Labute approximate surface area is 136 Å². The lowest BCUT2D eigenvalue weighted by molar-refractivity contribution is -0.126. The summed E-state index contributed by atoms with van der Waals surface area (Å²) in [6.45, 7) is 4.20. The molecule has 120 valence electrons. The van der Waals surface area contributed by atoms with Crippen LogP contribution in [0.2, 0.25) is 5.02 Å². The van der Waals surface area contributed by atoms with E-state index in [0.717, 1.165) is 44.0 Å². The maximum Gasteiger partial charge on any atom is 0.226 e. The predicted molar refractivity (Wildman–Crippen MR) is 86.8 cm³/mol. The Morgan fingerprint density at radius 1 is 1.36 bits per heavy atom. The summed E-state index contributed by atoms with van der Waals surface area (Å²) in [7, 11) is 1.67. The fourth-order valence-corrected chi connectivity index (χ4v) is 3.95. The first-order valence-corrected chi connectivity index (χ1v) is 8.25. The molecule has 5 heteroatoms. The number of likely N-dealkylation sites (tertiary alicyclic amines) is 1. The second-order valence-corrected chi connectivity index (χ2v) is 6.86. The number of rotatable bonds is 4. The molecule has 0 saturated carbocycles. The van der Waals surface area contributed by atoms with Crippen LogP contribution < -0.4 is 5.32 Å². The fourth-order valence-electron chi connectivity index (χ4n) is 3.76. The summed E-state index contributed by atoms with van der Waals surface area (Å²) in [4.78, 5) is 14.5. The molecular formula is C17H23ClN2O2. The first-order valence-electron chi connectivity index (χ1n) is 7.87. The van der Waals surface area contributed by atoms with Crippen LogP contribution in [-0.2, 0) is 16.1 Å². The number of amides is 1. The van der Waals surface area contributed by atoms with Crippen molar-refractivity contribution in [2.75, 3.05) is 33.4 Å². The summed E-state index contributed by atoms with van der Waals surface area (Å²) in [5.74, 6) is 0.154. The summed E-state index contributed by atoms with van der Waals surface area (Å²) >= 11 is 6.25. The van der Waals surface area contributed by atoms with Crippen molar-refractivity contribution in [1.29, 1.82) is 0 Å². The van der Waals surface area contributed by atoms with Crippen molar-refractivity contribution >= 4 is 17.5 Å². The van der Waals surface area contributed by atoms with E-state index in [9.17, 15) is 4.79 Å². The molecule has 2 heterocycles. The van der Waals surface area contributed by atoms with Crippen LogP contribution in [0, 0.1) is 11.3 Å². The number of nitrogens with zero attached hydrogens (tertiary/aromatic N) is 1. The predicted octanol–water partition coefficient (Wildman–Crippen LogP) is 2.31. The SMILES string of the molecule is COC[C@@H]1C(=O)NCC12CCN(Cc1ccccc1Cl)CC2. The molecule has 3 rings (SSSR count). The van der Waals surface area contributed by atoms with Crippen LogP contribution in [0.15, 0.2) is 24.3 Å². The number of carbonyl (C=O) groups is 1. The third-order valence-electron chi connectivity index (χ3n) is 5.21. The molecular weight excluding hydrogens is 300 g/mol. The molecule has 1 aromatic carbocycles. The van der Waals surface area contributed by atoms with Gasteiger partial charge in [-0.15, -0.1) is 0 Å². The minimum absolute atomic E-state index is 0.0000340. The highest BCUT2D eigenvalue weighted by Gasteiger charge is 2.49. The van der Waals surface area contributed by atoms with E-state index in [1.807, 2.05) is 18.2 Å². The molecule has 1 amide bonds. The summed E-state index contributed by atoms with van der Waals surface area (Å²) in [5.41, 5.74) is 1.25. The second-order valence-electron chi connectivity index (χ2n) is 6.46. The molecule has 0 aliphatic carbocycles. The van der Waals surface area contributed by atoms with Crippen LogP contribution in [0.3, 0.4) is 0 Å². The normalized spacial score (nSPS) is 24.6. The second kappa shape index (κ2) is 6.57. The first kappa shape index (κ1) is 15.8. The minimum Gasteiger partial charge on any atom is -0.384 e. The number of carbonyl (C=O) groups excluding carboxylic acids is 1. The van der Waals surface area contributed by atoms with Gasteiger partial charge in [0.05, 0.1) is 12.5 Å². The minimum atomic E-state index is -0.0000340. The van der Waals surface area contributed by atoms with Crippen molar-refractivity contribution in [3.63, 3.8) is 0 Å². The largest absolute Gasteiger partial charge is 0.384 e. The van der Waals surface area contributed by atoms with Crippen LogP contribution in [-0.4, -0.2) is 44.2 Å². The average Bonchev–Trinajstić information content (AvgIpc) is 2.82. The maximum absolute atomic E-state index is 12.0. The highest BCUT2D eigenvalue weighted by atomic mass is 35.5. The average molecular weight is 323 g/mol. The van der Waals surface area contributed by atoms with Crippen LogP contribution in [0.4, 0.5) is 0 Å². The molecule has 0 radical (unpaired) electrons. The summed E-state index contributed by atoms with van der Waals surface area (Å²) in [6.07, 6.45) is 2.06. The summed E-state index contributed by atoms with van der Waals surface area (Å²) in [5, 5.41) is 3.86. The van der Waals surface area contributed by atoms with Crippen LogP contribution >= 0.6 is 11.6 Å². The topological polar surface area (TPSA) is 41.6 Å². The molecule has 0 unspecified atom stereocenters. The van der Waals surface area contributed by atoms with Gasteiger partial charge >= 0.3 is 0 Å². The molecule has 4 nitrogen and oxygen atoms in total. The Balaban J connectivity index is 1.63. The number of hydrogen-bond donors (Lipinski definition) is 1. The maximum atomic E-state index is 12.0. The monoisotopic (exact) mass is 322 g/mol. The molecule has 1 spiro atoms. The van der Waals surface area contributed by atoms with Crippen molar-refractivity contribution < 1.29 is 9.53 Å². The summed E-state index contributed by atoms with van der Waals surface area (Å²) in [6, 6.07) is 8.01. The standard InChI is InChI=1S/C17H23ClN2O2/c1-22-11-14-16(21)19-12-17(14)6-8-20(9-7-17)10-13-4-2-3-5-15(13)18/h2-5,14H,6-12H2,1H3,(H,19,21)/t14-/m1/s1. The molecule has 1 aromatic rings. The van der Waals surface area contributed by atoms with E-state index in [2.05, 4.69) is 16.3 Å². The smallest absolute Gasteiger partial charge is 0.226 e. The lowest BCUT2D eigenvalue weighted by Gasteiger charge is -2.41. The molecule has 2 fully saturated rings. The van der Waals surface area contributed by atoms with Gasteiger partial charge in [-0.25, -0.2) is 0 Å². The molecule has 0 aromatic heterocycles. The van der Waals surface area contributed by atoms with E-state index < -0.39 is 0 Å². The molecule has 2 aliphatic heterocycles. The van der Waals surface area contributed by atoms with Crippen molar-refractivity contribution in [2.24, 2.45) is 11.3 Å². The Morgan fingerprint density at radius 2 is 2.09 bits per heavy atom. The van der Waals surface area contributed by atoms with Gasteiger partial charge < -0.3 is 10.1 Å². The Hall–Kier alpha value is -1.10. The number of halogens is 1. The molecule has 1 N–H and O–H groups in total. The number of hydrogen-bond acceptors (Lipinski definition) is 3. The number of piperidine rings is 1. The third-order valence-corrected chi connectivity index (χ3v) is 5.58. The van der Waals surface area contributed by atoms with Gasteiger partial charge in [-0.05, 0) is 37.6 Å². The van der Waals surface area contributed by atoms with E-state index >= 15 is 0 Å². The fraction of sp³-hybridized carbons (Fsp3) is 0.588. The van der Waals surface area contributed by atoms with E-state index in [1.54, 1.807) is 7.11 Å². The van der Waals surface area contributed by atoms with Crippen LogP contribution in [0.1, 0.15) is 18.4 Å². The van der Waals surface area contributed by atoms with E-state index in [0.29, 0.717) is 6.61 Å². The van der Waals surface area contributed by atoms with Crippen molar-refractivity contribution in [1.82, 2.24) is 10.2 Å². The Morgan fingerprint density at radius 3 is 2.77 bits per heavy atom. The van der Waals surface area contributed by atoms with Crippen molar-refractivity contribution in [3.8, 4) is 0 Å². The van der Waals surface area contributed by atoms with E-state index in [4.69, 9.17) is 16.3 Å². The van der Waals surface area contributed by atoms with Gasteiger partial charge in [0.2, 0.25) is 5.91 Å². The lowest BCUT2D eigenvalue weighted by atomic mass is 9.71. The van der Waals surface area contributed by atoms with Crippen LogP contribution in [0.5, 0.6) is 0 Å². The quantitative estimate of drug-likeness (QED) is 0.925. The van der Waals surface area contributed by atoms with Crippen LogP contribution in [0.25, 0.3) is 0 Å². The van der Waals surface area contributed by atoms with Crippen molar-refractivity contribution in [3.05, 3.63) is 34.9 Å². The van der Waals surface area contributed by atoms with Gasteiger partial charge in [0.1, 0.15) is 0 Å². The van der Waals surface area contributed by atoms with E-state index in [1.165, 1.54) is 5.56 Å². The molecule has 2 saturated heterocycles. The first-order chi connectivity index (χ1) is 10.6. The zero-order valence-corrected chi connectivity index (χ0v) is 13.7. The Bertz CT molecular complexity index is 541. The summed E-state index contributed by atoms with van der Waals surface area (Å²) < 4.78 is 5.27.